The monoisotopic (exact) mass is 423 g/mol. The van der Waals surface area contributed by atoms with Gasteiger partial charge in [-0.15, -0.1) is 0 Å². The number of para-hydroxylation sites is 1. The Labute approximate surface area is 176 Å². The first-order chi connectivity index (χ1) is 14.9. The quantitative estimate of drug-likeness (QED) is 0.318. The van der Waals surface area contributed by atoms with Gasteiger partial charge in [-0.1, -0.05) is 42.5 Å². The largest absolute Gasteiger partial charge is 0.282 e. The van der Waals surface area contributed by atoms with E-state index in [9.17, 15) is 28.9 Å². The van der Waals surface area contributed by atoms with Gasteiger partial charge >= 0.3 is 0 Å². The molecule has 0 saturated carbocycles. The van der Waals surface area contributed by atoms with Gasteiger partial charge in [-0.05, 0) is 25.0 Å². The van der Waals surface area contributed by atoms with E-state index in [-0.39, 0.29) is 11.1 Å². The number of amides is 3. The van der Waals surface area contributed by atoms with Gasteiger partial charge in [-0.2, -0.15) is 5.01 Å². The van der Waals surface area contributed by atoms with E-state index in [0.717, 1.165) is 16.1 Å². The number of hydrazine groups is 1. The summed E-state index contributed by atoms with van der Waals surface area (Å²) in [5.74, 6) is -3.91. The van der Waals surface area contributed by atoms with E-state index in [0.29, 0.717) is 12.8 Å². The molecule has 3 amide bonds. The molecule has 0 radical (unpaired) electrons. The van der Waals surface area contributed by atoms with Crippen molar-refractivity contribution in [1.82, 2.24) is 10.0 Å². The predicted octanol–water partition coefficient (Wildman–Crippen LogP) is 3.24. The van der Waals surface area contributed by atoms with E-state index in [1.54, 1.807) is 18.2 Å². The van der Waals surface area contributed by atoms with Crippen molar-refractivity contribution in [3.05, 3.63) is 87.7 Å². The van der Waals surface area contributed by atoms with Gasteiger partial charge in [0.15, 0.2) is 0 Å². The molecule has 9 heteroatoms. The Balaban J connectivity index is 1.78. The van der Waals surface area contributed by atoms with Gasteiger partial charge in [0.1, 0.15) is 11.4 Å². The molecule has 1 aliphatic carbocycles. The van der Waals surface area contributed by atoms with Gasteiger partial charge in [0.25, 0.3) is 23.4 Å². The SMILES string of the molecule is O=C(c1ccccc1[N+](=O)[O-])N(Cc1ccccc1F)N1C(=O)[C@@H]2CC=CC[C@H]2C1=O. The minimum Gasteiger partial charge on any atom is -0.272 e. The normalized spacial score (nSPS) is 20.0. The summed E-state index contributed by atoms with van der Waals surface area (Å²) in [5, 5.41) is 13.0. The second kappa shape index (κ2) is 8.10. The third-order valence-corrected chi connectivity index (χ3v) is 5.57. The van der Waals surface area contributed by atoms with Crippen molar-refractivity contribution < 1.29 is 23.7 Å². The molecule has 4 rings (SSSR count). The van der Waals surface area contributed by atoms with Crippen LogP contribution in [0.3, 0.4) is 0 Å². The van der Waals surface area contributed by atoms with E-state index in [1.807, 2.05) is 0 Å². The van der Waals surface area contributed by atoms with Crippen molar-refractivity contribution in [3.8, 4) is 0 Å². The van der Waals surface area contributed by atoms with Crippen molar-refractivity contribution >= 4 is 23.4 Å². The van der Waals surface area contributed by atoms with Crippen LogP contribution >= 0.6 is 0 Å². The maximum Gasteiger partial charge on any atom is 0.282 e. The summed E-state index contributed by atoms with van der Waals surface area (Å²) < 4.78 is 14.4. The molecule has 0 bridgehead atoms. The lowest BCUT2D eigenvalue weighted by molar-refractivity contribution is -0.385. The molecule has 1 fully saturated rings. The molecule has 2 aromatic carbocycles. The Morgan fingerprint density at radius 3 is 2.23 bits per heavy atom. The first kappa shape index (κ1) is 20.4. The summed E-state index contributed by atoms with van der Waals surface area (Å²) in [4.78, 5) is 50.3. The van der Waals surface area contributed by atoms with Crippen molar-refractivity contribution in [2.45, 2.75) is 19.4 Å². The van der Waals surface area contributed by atoms with Gasteiger partial charge in [-0.25, -0.2) is 9.40 Å². The van der Waals surface area contributed by atoms with Gasteiger partial charge in [0, 0.05) is 11.6 Å². The minimum atomic E-state index is -0.927. The summed E-state index contributed by atoms with van der Waals surface area (Å²) in [6.45, 7) is -0.429. The fourth-order valence-electron chi connectivity index (χ4n) is 3.99. The molecule has 0 N–H and O–H groups in total. The highest BCUT2D eigenvalue weighted by Crippen LogP contribution is 2.37. The molecule has 0 unspecified atom stereocenters. The average molecular weight is 423 g/mol. The second-order valence-corrected chi connectivity index (χ2v) is 7.37. The van der Waals surface area contributed by atoms with Gasteiger partial charge in [-0.3, -0.25) is 24.5 Å². The van der Waals surface area contributed by atoms with Gasteiger partial charge in [0.05, 0.1) is 23.3 Å². The number of carbonyl (C=O) groups excluding carboxylic acids is 3. The third-order valence-electron chi connectivity index (χ3n) is 5.57. The van der Waals surface area contributed by atoms with Crippen molar-refractivity contribution in [2.24, 2.45) is 11.8 Å². The highest BCUT2D eigenvalue weighted by molar-refractivity contribution is 6.08. The fraction of sp³-hybridized carbons (Fsp3) is 0.227. The lowest BCUT2D eigenvalue weighted by Crippen LogP contribution is -2.50. The number of rotatable bonds is 5. The first-order valence-electron chi connectivity index (χ1n) is 9.71. The first-order valence-corrected chi connectivity index (χ1v) is 9.71. The van der Waals surface area contributed by atoms with Crippen LogP contribution in [0.25, 0.3) is 0 Å². The summed E-state index contributed by atoms with van der Waals surface area (Å²) in [7, 11) is 0. The fourth-order valence-corrected chi connectivity index (χ4v) is 3.99. The van der Waals surface area contributed by atoms with E-state index in [1.165, 1.54) is 36.4 Å². The van der Waals surface area contributed by atoms with Crippen molar-refractivity contribution in [1.29, 1.82) is 0 Å². The van der Waals surface area contributed by atoms with E-state index >= 15 is 0 Å². The van der Waals surface area contributed by atoms with Crippen LogP contribution in [-0.4, -0.2) is 32.7 Å². The van der Waals surface area contributed by atoms with E-state index in [4.69, 9.17) is 0 Å². The number of halogens is 1. The Morgan fingerprint density at radius 2 is 1.61 bits per heavy atom. The number of imide groups is 1. The molecule has 2 aromatic rings. The number of carbonyl (C=O) groups is 3. The summed E-state index contributed by atoms with van der Waals surface area (Å²) in [6.07, 6.45) is 4.33. The molecule has 1 heterocycles. The van der Waals surface area contributed by atoms with Crippen molar-refractivity contribution in [2.75, 3.05) is 0 Å². The van der Waals surface area contributed by atoms with Crippen LogP contribution in [-0.2, 0) is 16.1 Å². The Bertz CT molecular complexity index is 1090. The molecule has 0 spiro atoms. The number of nitrogens with zero attached hydrogens (tertiary/aromatic N) is 3. The number of fused-ring (bicyclic) bond motifs is 1. The lowest BCUT2D eigenvalue weighted by Gasteiger charge is -2.30. The number of benzene rings is 2. The highest BCUT2D eigenvalue weighted by Gasteiger charge is 2.51. The lowest BCUT2D eigenvalue weighted by atomic mass is 9.85. The summed E-state index contributed by atoms with van der Waals surface area (Å²) in [5.41, 5.74) is -0.690. The van der Waals surface area contributed by atoms with Crippen LogP contribution in [0.2, 0.25) is 0 Å². The summed E-state index contributed by atoms with van der Waals surface area (Å²) in [6, 6.07) is 10.9. The van der Waals surface area contributed by atoms with E-state index in [2.05, 4.69) is 0 Å². The van der Waals surface area contributed by atoms with Crippen LogP contribution in [0.15, 0.2) is 60.7 Å². The molecular formula is C22H18FN3O5. The average Bonchev–Trinajstić information content (AvgIpc) is 3.03. The zero-order valence-electron chi connectivity index (χ0n) is 16.3. The Kier molecular flexibility index (Phi) is 5.33. The number of hydrogen-bond acceptors (Lipinski definition) is 5. The molecule has 8 nitrogen and oxygen atoms in total. The van der Waals surface area contributed by atoms with Crippen LogP contribution < -0.4 is 0 Å². The summed E-state index contributed by atoms with van der Waals surface area (Å²) >= 11 is 0. The van der Waals surface area contributed by atoms with Crippen LogP contribution in [0.4, 0.5) is 10.1 Å². The van der Waals surface area contributed by atoms with Gasteiger partial charge in [0.2, 0.25) is 0 Å². The Morgan fingerprint density at radius 1 is 1.03 bits per heavy atom. The topological polar surface area (TPSA) is 101 Å². The van der Waals surface area contributed by atoms with Crippen molar-refractivity contribution in [3.63, 3.8) is 0 Å². The second-order valence-electron chi connectivity index (χ2n) is 7.37. The number of nitro groups is 1. The molecule has 1 aliphatic heterocycles. The molecule has 158 valence electrons. The molecule has 0 aromatic heterocycles. The zero-order chi connectivity index (χ0) is 22.1. The maximum atomic E-state index is 14.4. The number of allylic oxidation sites excluding steroid dienone is 2. The third kappa shape index (κ3) is 3.58. The van der Waals surface area contributed by atoms with E-state index < -0.39 is 52.5 Å². The molecule has 1 saturated heterocycles. The molecule has 2 aliphatic rings. The van der Waals surface area contributed by atoms with Crippen LogP contribution in [0, 0.1) is 27.8 Å². The zero-order valence-corrected chi connectivity index (χ0v) is 16.3. The Hall–Kier alpha value is -3.88. The highest BCUT2D eigenvalue weighted by atomic mass is 19.1. The predicted molar refractivity (Wildman–Crippen MR) is 107 cm³/mol. The number of nitro benzene ring substituents is 1. The molecular weight excluding hydrogens is 405 g/mol. The van der Waals surface area contributed by atoms with Crippen LogP contribution in [0.1, 0.15) is 28.8 Å². The standard InChI is InChI=1S/C22H18FN3O5/c23-18-11-5-1-7-14(18)13-24(20(27)17-10-4-6-12-19(17)26(30)31)25-21(28)15-8-2-3-9-16(15)22(25)29/h1-7,10-12,15-16H,8-9,13H2/t15-,16-/m1/s1. The minimum absolute atomic E-state index is 0.0723. The maximum absolute atomic E-state index is 14.4. The van der Waals surface area contributed by atoms with Crippen LogP contribution in [0.5, 0.6) is 0 Å². The van der Waals surface area contributed by atoms with Gasteiger partial charge < -0.3 is 0 Å². The number of hydrogen-bond donors (Lipinski definition) is 0. The molecule has 31 heavy (non-hydrogen) atoms. The smallest absolute Gasteiger partial charge is 0.272 e. The molecule has 2 atom stereocenters.